The molecule has 0 aromatic carbocycles. The highest BCUT2D eigenvalue weighted by Crippen LogP contribution is 2.28. The van der Waals surface area contributed by atoms with Gasteiger partial charge < -0.3 is 4.90 Å². The molecule has 0 bridgehead atoms. The fourth-order valence-corrected chi connectivity index (χ4v) is 3.19. The molecule has 0 atom stereocenters. The van der Waals surface area contributed by atoms with Gasteiger partial charge in [0.2, 0.25) is 0 Å². The van der Waals surface area contributed by atoms with Crippen LogP contribution in [0.1, 0.15) is 56.5 Å². The van der Waals surface area contributed by atoms with E-state index in [0.29, 0.717) is 19.0 Å². The van der Waals surface area contributed by atoms with E-state index in [9.17, 15) is 8.78 Å². The van der Waals surface area contributed by atoms with Gasteiger partial charge in [-0.05, 0) is 24.8 Å². The standard InChI is InChI=1S/C16H27F2N3/c1-5-14-15(12(2)3)13(4)21(19-14)11-10-20-8-6-16(17,18)7-9-20/h12H,5-11H2,1-4H3. The molecule has 1 aromatic heterocycles. The molecule has 1 aromatic rings. The van der Waals surface area contributed by atoms with Crippen LogP contribution in [-0.2, 0) is 13.0 Å². The number of likely N-dealkylation sites (tertiary alicyclic amines) is 1. The smallest absolute Gasteiger partial charge is 0.250 e. The molecule has 1 fully saturated rings. The quantitative estimate of drug-likeness (QED) is 0.828. The van der Waals surface area contributed by atoms with Crippen molar-refractivity contribution >= 4 is 0 Å². The first-order valence-corrected chi connectivity index (χ1v) is 8.00. The van der Waals surface area contributed by atoms with Gasteiger partial charge >= 0.3 is 0 Å². The molecule has 0 aliphatic carbocycles. The van der Waals surface area contributed by atoms with Gasteiger partial charge in [0.05, 0.1) is 12.2 Å². The number of hydrogen-bond acceptors (Lipinski definition) is 2. The largest absolute Gasteiger partial charge is 0.301 e. The molecule has 0 amide bonds. The molecule has 0 N–H and O–H groups in total. The lowest BCUT2D eigenvalue weighted by Gasteiger charge is -2.31. The lowest BCUT2D eigenvalue weighted by molar-refractivity contribution is -0.0555. The van der Waals surface area contributed by atoms with E-state index in [-0.39, 0.29) is 12.8 Å². The number of halogens is 2. The van der Waals surface area contributed by atoms with E-state index in [2.05, 4.69) is 37.3 Å². The van der Waals surface area contributed by atoms with Crippen molar-refractivity contribution in [3.63, 3.8) is 0 Å². The molecular weight excluding hydrogens is 272 g/mol. The minimum atomic E-state index is -2.46. The molecule has 120 valence electrons. The molecule has 1 aliphatic rings. The third-order valence-electron chi connectivity index (χ3n) is 4.46. The topological polar surface area (TPSA) is 21.1 Å². The lowest BCUT2D eigenvalue weighted by Crippen LogP contribution is -2.40. The molecule has 2 heterocycles. The maximum atomic E-state index is 13.2. The monoisotopic (exact) mass is 299 g/mol. The summed E-state index contributed by atoms with van der Waals surface area (Å²) in [4.78, 5) is 2.12. The Balaban J connectivity index is 1.98. The van der Waals surface area contributed by atoms with Gasteiger partial charge in [-0.3, -0.25) is 4.68 Å². The van der Waals surface area contributed by atoms with Crippen molar-refractivity contribution in [2.24, 2.45) is 0 Å². The van der Waals surface area contributed by atoms with Crippen LogP contribution < -0.4 is 0 Å². The van der Waals surface area contributed by atoms with Crippen molar-refractivity contribution in [1.82, 2.24) is 14.7 Å². The van der Waals surface area contributed by atoms with E-state index < -0.39 is 5.92 Å². The number of aromatic nitrogens is 2. The highest BCUT2D eigenvalue weighted by Gasteiger charge is 2.33. The third kappa shape index (κ3) is 3.82. The molecule has 0 spiro atoms. The van der Waals surface area contributed by atoms with E-state index in [0.717, 1.165) is 19.5 Å². The molecule has 2 rings (SSSR count). The van der Waals surface area contributed by atoms with Crippen LogP contribution in [0.2, 0.25) is 0 Å². The van der Waals surface area contributed by atoms with Gasteiger partial charge in [-0.1, -0.05) is 20.8 Å². The maximum absolute atomic E-state index is 13.2. The van der Waals surface area contributed by atoms with Crippen LogP contribution in [0, 0.1) is 6.92 Å². The summed E-state index contributed by atoms with van der Waals surface area (Å²) in [6.07, 6.45) is 0.919. The van der Waals surface area contributed by atoms with Crippen molar-refractivity contribution in [3.05, 3.63) is 17.0 Å². The Bertz CT molecular complexity index is 470. The second-order valence-corrected chi connectivity index (χ2v) is 6.37. The summed E-state index contributed by atoms with van der Waals surface area (Å²) in [5.74, 6) is -1.99. The van der Waals surface area contributed by atoms with Gasteiger partial charge in [0, 0.05) is 38.2 Å². The van der Waals surface area contributed by atoms with Gasteiger partial charge in [-0.25, -0.2) is 8.78 Å². The Morgan fingerprint density at radius 1 is 1.19 bits per heavy atom. The fraction of sp³-hybridized carbons (Fsp3) is 0.812. The first-order valence-electron chi connectivity index (χ1n) is 8.00. The average molecular weight is 299 g/mol. The van der Waals surface area contributed by atoms with Crippen LogP contribution in [-0.4, -0.2) is 40.2 Å². The number of aryl methyl sites for hydroxylation is 1. The van der Waals surface area contributed by atoms with Crippen LogP contribution in [0.15, 0.2) is 0 Å². The number of piperidine rings is 1. The molecular formula is C16H27F2N3. The Morgan fingerprint density at radius 2 is 1.81 bits per heavy atom. The van der Waals surface area contributed by atoms with E-state index in [1.165, 1.54) is 17.0 Å². The third-order valence-corrected chi connectivity index (χ3v) is 4.46. The summed E-state index contributed by atoms with van der Waals surface area (Å²) >= 11 is 0. The molecule has 1 aliphatic heterocycles. The predicted octanol–water partition coefficient (Wildman–Crippen LogP) is 3.61. The minimum Gasteiger partial charge on any atom is -0.301 e. The number of rotatable bonds is 5. The summed E-state index contributed by atoms with van der Waals surface area (Å²) in [5, 5.41) is 4.70. The zero-order chi connectivity index (χ0) is 15.6. The molecule has 5 heteroatoms. The second kappa shape index (κ2) is 6.42. The molecule has 1 saturated heterocycles. The average Bonchev–Trinajstić information content (AvgIpc) is 2.74. The normalized spacial score (nSPS) is 19.4. The summed E-state index contributed by atoms with van der Waals surface area (Å²) < 4.78 is 28.4. The summed E-state index contributed by atoms with van der Waals surface area (Å²) in [7, 11) is 0. The summed E-state index contributed by atoms with van der Waals surface area (Å²) in [6, 6.07) is 0. The maximum Gasteiger partial charge on any atom is 0.250 e. The van der Waals surface area contributed by atoms with Gasteiger partial charge in [-0.15, -0.1) is 0 Å². The van der Waals surface area contributed by atoms with Crippen molar-refractivity contribution in [1.29, 1.82) is 0 Å². The SMILES string of the molecule is CCc1nn(CCN2CCC(F)(F)CC2)c(C)c1C(C)C. The second-order valence-electron chi connectivity index (χ2n) is 6.37. The first-order chi connectivity index (χ1) is 9.84. The van der Waals surface area contributed by atoms with Gasteiger partial charge in [-0.2, -0.15) is 5.10 Å². The Hall–Kier alpha value is -0.970. The highest BCUT2D eigenvalue weighted by atomic mass is 19.3. The van der Waals surface area contributed by atoms with Crippen molar-refractivity contribution in [3.8, 4) is 0 Å². The number of alkyl halides is 2. The fourth-order valence-electron chi connectivity index (χ4n) is 3.19. The van der Waals surface area contributed by atoms with E-state index in [1.807, 2.05) is 0 Å². The van der Waals surface area contributed by atoms with E-state index in [1.54, 1.807) is 0 Å². The van der Waals surface area contributed by atoms with Crippen molar-refractivity contribution < 1.29 is 8.78 Å². The van der Waals surface area contributed by atoms with Gasteiger partial charge in [0.25, 0.3) is 5.92 Å². The van der Waals surface area contributed by atoms with Crippen molar-refractivity contribution in [2.75, 3.05) is 19.6 Å². The lowest BCUT2D eigenvalue weighted by atomic mass is 10.00. The van der Waals surface area contributed by atoms with E-state index in [4.69, 9.17) is 5.10 Å². The van der Waals surface area contributed by atoms with Gasteiger partial charge in [0.1, 0.15) is 0 Å². The molecule has 0 saturated carbocycles. The van der Waals surface area contributed by atoms with Crippen LogP contribution in [0.5, 0.6) is 0 Å². The van der Waals surface area contributed by atoms with Crippen LogP contribution in [0.4, 0.5) is 8.78 Å². The van der Waals surface area contributed by atoms with Crippen LogP contribution in [0.25, 0.3) is 0 Å². The Labute approximate surface area is 126 Å². The molecule has 3 nitrogen and oxygen atoms in total. The Morgan fingerprint density at radius 3 is 2.29 bits per heavy atom. The summed E-state index contributed by atoms with van der Waals surface area (Å²) in [6.45, 7) is 11.2. The molecule has 0 unspecified atom stereocenters. The highest BCUT2D eigenvalue weighted by molar-refractivity contribution is 5.28. The van der Waals surface area contributed by atoms with Gasteiger partial charge in [0.15, 0.2) is 0 Å². The predicted molar refractivity (Wildman–Crippen MR) is 81.1 cm³/mol. The minimum absolute atomic E-state index is 0.0114. The zero-order valence-electron chi connectivity index (χ0n) is 13.6. The molecule has 0 radical (unpaired) electrons. The van der Waals surface area contributed by atoms with Crippen LogP contribution >= 0.6 is 0 Å². The first kappa shape index (κ1) is 16.4. The molecule has 21 heavy (non-hydrogen) atoms. The van der Waals surface area contributed by atoms with Crippen molar-refractivity contribution in [2.45, 2.75) is 65.3 Å². The number of nitrogens with zero attached hydrogens (tertiary/aromatic N) is 3. The summed E-state index contributed by atoms with van der Waals surface area (Å²) in [5.41, 5.74) is 3.75. The van der Waals surface area contributed by atoms with E-state index >= 15 is 0 Å². The Kier molecular flexibility index (Phi) is 5.02. The van der Waals surface area contributed by atoms with Crippen LogP contribution in [0.3, 0.4) is 0 Å². The zero-order valence-corrected chi connectivity index (χ0v) is 13.6. The number of hydrogen-bond donors (Lipinski definition) is 0.